The van der Waals surface area contributed by atoms with Crippen molar-refractivity contribution in [3.8, 4) is 23.0 Å². The molecule has 4 aromatic carbocycles. The van der Waals surface area contributed by atoms with Crippen molar-refractivity contribution in [1.82, 2.24) is 0 Å². The van der Waals surface area contributed by atoms with Crippen molar-refractivity contribution in [1.29, 1.82) is 0 Å². The van der Waals surface area contributed by atoms with Crippen molar-refractivity contribution >= 4 is 0 Å². The minimum Gasteiger partial charge on any atom is -0.748 e. The molecule has 0 saturated heterocycles. The van der Waals surface area contributed by atoms with E-state index in [1.54, 1.807) is 0 Å². The van der Waals surface area contributed by atoms with Gasteiger partial charge in [0.25, 0.3) is 0 Å². The Morgan fingerprint density at radius 2 is 1.12 bits per heavy atom. The molecule has 0 heterocycles. The maximum absolute atomic E-state index is 5.80. The second-order valence-electron chi connectivity index (χ2n) is 5.05. The van der Waals surface area contributed by atoms with Gasteiger partial charge in [-0.3, -0.25) is 0 Å². The zero-order valence-corrected chi connectivity index (χ0v) is 17.3. The molecule has 0 radical (unpaired) electrons. The summed E-state index contributed by atoms with van der Waals surface area (Å²) < 4.78 is 11.6. The maximum Gasteiger partial charge on any atom is 0.125 e. The third kappa shape index (κ3) is 6.20. The quantitative estimate of drug-likeness (QED) is 0.243. The summed E-state index contributed by atoms with van der Waals surface area (Å²) >= 11 is 0. The van der Waals surface area contributed by atoms with E-state index in [0.29, 0.717) is 0 Å². The number of rotatable bonds is 4. The number of para-hydroxylation sites is 2. The summed E-state index contributed by atoms with van der Waals surface area (Å²) in [6.07, 6.45) is 0. The normalized spacial score (nSPS) is 9.28. The van der Waals surface area contributed by atoms with Crippen LogP contribution in [0.1, 0.15) is 0 Å². The van der Waals surface area contributed by atoms with Crippen molar-refractivity contribution < 1.29 is 35.3 Å². The van der Waals surface area contributed by atoms with Crippen LogP contribution in [0, 0.1) is 0 Å². The Kier molecular flexibility index (Phi) is 7.93. The van der Waals surface area contributed by atoms with Crippen molar-refractivity contribution in [3.05, 3.63) is 109 Å². The van der Waals surface area contributed by atoms with Gasteiger partial charge in [0.1, 0.15) is 5.75 Å². The first-order valence-corrected chi connectivity index (χ1v) is 7.80. The van der Waals surface area contributed by atoms with E-state index >= 15 is 0 Å². The molecule has 0 bridgehead atoms. The van der Waals surface area contributed by atoms with Crippen LogP contribution in [0.5, 0.6) is 23.0 Å². The molecule has 0 spiro atoms. The maximum atomic E-state index is 5.80. The van der Waals surface area contributed by atoms with Crippen LogP contribution in [0.3, 0.4) is 0 Å². The second-order valence-corrected chi connectivity index (χ2v) is 5.05. The molecule has 0 N–H and O–H groups in total. The Bertz CT molecular complexity index is 732. The van der Waals surface area contributed by atoms with Crippen LogP contribution in [0.2, 0.25) is 0 Å². The Labute approximate surface area is 167 Å². The summed E-state index contributed by atoms with van der Waals surface area (Å²) in [5, 5.41) is 0. The average molecular weight is 493 g/mol. The van der Waals surface area contributed by atoms with Crippen molar-refractivity contribution in [2.24, 2.45) is 0 Å². The first-order valence-electron chi connectivity index (χ1n) is 7.80. The smallest absolute Gasteiger partial charge is 0.125 e. The van der Waals surface area contributed by atoms with E-state index in [1.165, 1.54) is 0 Å². The minimum absolute atomic E-state index is 0. The molecular weight excluding hydrogens is 475 g/mol. The van der Waals surface area contributed by atoms with Gasteiger partial charge >= 0.3 is 0 Å². The van der Waals surface area contributed by atoms with E-state index in [4.69, 9.17) is 9.47 Å². The minimum atomic E-state index is 0. The standard InChI is InChI=1S/C17H13O2.C5H5.Hf/c1-3-8-14(9-4-1)18-16-12-7-13-17(16)19-15-10-5-2-6-11-15;1-2-4-5-3-1;/h1-13H;1-5H;/q-1;-5;. The zero-order chi connectivity index (χ0) is 16.5. The Balaban J connectivity index is 0.000000325. The van der Waals surface area contributed by atoms with Gasteiger partial charge in [-0.1, -0.05) is 48.5 Å². The summed E-state index contributed by atoms with van der Waals surface area (Å²) in [6, 6.07) is 35.0. The van der Waals surface area contributed by atoms with Crippen LogP contribution in [0.4, 0.5) is 0 Å². The summed E-state index contributed by atoms with van der Waals surface area (Å²) in [5.41, 5.74) is 0. The number of ether oxygens (including phenoxy) is 2. The van der Waals surface area contributed by atoms with Gasteiger partial charge in [-0.25, -0.2) is 0 Å². The van der Waals surface area contributed by atoms with E-state index in [-0.39, 0.29) is 25.8 Å². The van der Waals surface area contributed by atoms with Gasteiger partial charge in [0.05, 0.1) is 11.5 Å². The van der Waals surface area contributed by atoms with Gasteiger partial charge in [-0.05, 0) is 12.1 Å². The van der Waals surface area contributed by atoms with E-state index in [1.807, 2.05) is 109 Å². The fourth-order valence-corrected chi connectivity index (χ4v) is 2.11. The molecule has 0 saturated carbocycles. The van der Waals surface area contributed by atoms with Crippen LogP contribution in [0.25, 0.3) is 0 Å². The van der Waals surface area contributed by atoms with Crippen LogP contribution in [0.15, 0.2) is 109 Å². The largest absolute Gasteiger partial charge is 0.748 e. The summed E-state index contributed by atoms with van der Waals surface area (Å²) in [6.45, 7) is 0. The number of benzene rings is 2. The van der Waals surface area contributed by atoms with E-state index in [2.05, 4.69) is 0 Å². The number of hydrogen-bond donors (Lipinski definition) is 0. The summed E-state index contributed by atoms with van der Waals surface area (Å²) in [4.78, 5) is 0. The fraction of sp³-hybridized carbons (Fsp3) is 0. The Hall–Kier alpha value is -2.39. The Morgan fingerprint density at radius 3 is 1.68 bits per heavy atom. The van der Waals surface area contributed by atoms with Gasteiger partial charge < -0.3 is 39.8 Å². The summed E-state index contributed by atoms with van der Waals surface area (Å²) in [7, 11) is 0. The molecule has 4 aromatic rings. The molecule has 0 aliphatic rings. The molecule has 128 valence electrons. The zero-order valence-electron chi connectivity index (χ0n) is 13.7. The average Bonchev–Trinajstić information content (AvgIpc) is 3.33. The van der Waals surface area contributed by atoms with Crippen LogP contribution < -0.4 is 9.47 Å². The summed E-state index contributed by atoms with van der Waals surface area (Å²) in [5.74, 6) is 3.03. The molecule has 0 unspecified atom stereocenters. The van der Waals surface area contributed by atoms with E-state index in [0.717, 1.165) is 23.0 Å². The fourth-order valence-electron chi connectivity index (χ4n) is 2.11. The van der Waals surface area contributed by atoms with Crippen molar-refractivity contribution in [3.63, 3.8) is 0 Å². The molecule has 0 aliphatic carbocycles. The third-order valence-electron chi connectivity index (χ3n) is 3.24. The molecule has 4 rings (SSSR count). The molecule has 0 atom stereocenters. The molecule has 0 amide bonds. The van der Waals surface area contributed by atoms with Crippen molar-refractivity contribution in [2.75, 3.05) is 0 Å². The van der Waals surface area contributed by atoms with Crippen LogP contribution in [-0.2, 0) is 25.8 Å². The van der Waals surface area contributed by atoms with Gasteiger partial charge in [-0.15, -0.1) is 12.1 Å². The molecule has 3 heteroatoms. The molecule has 0 fully saturated rings. The molecule has 25 heavy (non-hydrogen) atoms. The first-order chi connectivity index (χ1) is 11.9. The van der Waals surface area contributed by atoms with E-state index < -0.39 is 0 Å². The molecule has 0 aliphatic heterocycles. The van der Waals surface area contributed by atoms with E-state index in [9.17, 15) is 0 Å². The van der Waals surface area contributed by atoms with Gasteiger partial charge in [0.2, 0.25) is 0 Å². The topological polar surface area (TPSA) is 18.5 Å². The van der Waals surface area contributed by atoms with Crippen LogP contribution >= 0.6 is 0 Å². The number of hydrogen-bond acceptors (Lipinski definition) is 2. The second kappa shape index (κ2) is 10.5. The molecule has 2 nitrogen and oxygen atoms in total. The predicted octanol–water partition coefficient (Wildman–Crippen LogP) is 6.39. The first kappa shape index (κ1) is 18.9. The van der Waals surface area contributed by atoms with Gasteiger partial charge in [0.15, 0.2) is 0 Å². The van der Waals surface area contributed by atoms with Gasteiger partial charge in [-0.2, -0.15) is 6.07 Å². The van der Waals surface area contributed by atoms with Crippen molar-refractivity contribution in [2.45, 2.75) is 0 Å². The third-order valence-corrected chi connectivity index (χ3v) is 3.24. The Morgan fingerprint density at radius 1 is 0.600 bits per heavy atom. The SMILES string of the molecule is [Hf].[cH-]1[cH-][cH-][cH-][cH-]1.c1ccc(Oc2ccc[c-]2Oc2ccccc2)cc1. The monoisotopic (exact) mass is 494 g/mol. The predicted molar refractivity (Wildman–Crippen MR) is 97.1 cm³/mol. The molecular formula is C22H18HfO2-6. The van der Waals surface area contributed by atoms with Gasteiger partial charge in [0, 0.05) is 31.6 Å². The molecule has 0 aromatic heterocycles. The van der Waals surface area contributed by atoms with Crippen LogP contribution in [-0.4, -0.2) is 0 Å².